The number of thiocarbonyl (C=S) groups is 1. The van der Waals surface area contributed by atoms with Crippen LogP contribution in [-0.4, -0.2) is 79.3 Å². The van der Waals surface area contributed by atoms with Gasteiger partial charge in [-0.2, -0.15) is 0 Å². The van der Waals surface area contributed by atoms with E-state index in [1.807, 2.05) is 4.90 Å². The van der Waals surface area contributed by atoms with E-state index < -0.39 is 0 Å². The number of nitrogens with zero attached hydrogens (tertiary/aromatic N) is 2. The number of aryl methyl sites for hydroxylation is 1. The number of amides is 1. The summed E-state index contributed by atoms with van der Waals surface area (Å²) in [4.78, 5) is 17.5. The first-order valence-corrected chi connectivity index (χ1v) is 10.7. The monoisotopic (exact) mass is 405 g/mol. The molecule has 0 bridgehead atoms. The van der Waals surface area contributed by atoms with Gasteiger partial charge in [0.2, 0.25) is 5.91 Å². The molecule has 6 nitrogen and oxygen atoms in total. The lowest BCUT2D eigenvalue weighted by Gasteiger charge is -2.40. The highest BCUT2D eigenvalue weighted by atomic mass is 32.1. The van der Waals surface area contributed by atoms with Crippen LogP contribution in [0.4, 0.5) is 5.69 Å². The van der Waals surface area contributed by atoms with Crippen molar-refractivity contribution in [3.63, 3.8) is 0 Å². The van der Waals surface area contributed by atoms with Crippen molar-refractivity contribution in [1.29, 1.82) is 0 Å². The van der Waals surface area contributed by atoms with Crippen molar-refractivity contribution >= 4 is 28.9 Å². The van der Waals surface area contributed by atoms with Gasteiger partial charge in [0.25, 0.3) is 0 Å². The predicted molar refractivity (Wildman–Crippen MR) is 116 cm³/mol. The summed E-state index contributed by atoms with van der Waals surface area (Å²) in [5, 5.41) is 4.22. The second-order valence-corrected chi connectivity index (χ2v) is 8.23. The molecule has 154 valence electrons. The second-order valence-electron chi connectivity index (χ2n) is 7.84. The molecule has 0 saturated carbocycles. The Morgan fingerprint density at radius 1 is 1.25 bits per heavy atom. The third-order valence-corrected chi connectivity index (χ3v) is 6.16. The van der Waals surface area contributed by atoms with E-state index in [1.54, 1.807) is 11.8 Å². The number of piperidine rings is 1. The molecule has 2 heterocycles. The Morgan fingerprint density at radius 2 is 1.89 bits per heavy atom. The number of hydrogen-bond acceptors (Lipinski definition) is 3. The fourth-order valence-electron chi connectivity index (χ4n) is 3.96. The standard InChI is InChI=1S/C21H32N4O2S/c1-17-3-5-19(6-4-17)22-21(28)25(12-11-23-13-15-27-16-14-23)20-7-9-24(10-8-20)18(2)26/h3-6,20H,7-16H2,1-2H3,(H,22,28)/p+1. The third kappa shape index (κ3) is 5.90. The number of anilines is 1. The van der Waals surface area contributed by atoms with E-state index in [2.05, 4.69) is 41.4 Å². The molecule has 0 spiro atoms. The minimum Gasteiger partial charge on any atom is -0.370 e. The van der Waals surface area contributed by atoms with Crippen LogP contribution in [0.2, 0.25) is 0 Å². The van der Waals surface area contributed by atoms with Gasteiger partial charge < -0.3 is 24.8 Å². The zero-order valence-corrected chi connectivity index (χ0v) is 17.9. The number of ether oxygens (including phenoxy) is 1. The minimum absolute atomic E-state index is 0.170. The number of quaternary nitrogens is 1. The van der Waals surface area contributed by atoms with Crippen LogP contribution in [0.5, 0.6) is 0 Å². The molecule has 3 rings (SSSR count). The van der Waals surface area contributed by atoms with Gasteiger partial charge in [-0.05, 0) is 44.1 Å². The number of hydrogen-bond donors (Lipinski definition) is 2. The molecule has 7 heteroatoms. The highest BCUT2D eigenvalue weighted by Gasteiger charge is 2.28. The average molecular weight is 406 g/mol. The molecule has 1 aromatic rings. The smallest absolute Gasteiger partial charge is 0.219 e. The van der Waals surface area contributed by atoms with Crippen LogP contribution in [0.1, 0.15) is 25.3 Å². The molecule has 1 amide bonds. The summed E-state index contributed by atoms with van der Waals surface area (Å²) in [7, 11) is 0. The van der Waals surface area contributed by atoms with Gasteiger partial charge in [0.1, 0.15) is 13.1 Å². The molecular weight excluding hydrogens is 372 g/mol. The van der Waals surface area contributed by atoms with Crippen LogP contribution in [0, 0.1) is 6.92 Å². The van der Waals surface area contributed by atoms with E-state index in [0.29, 0.717) is 6.04 Å². The van der Waals surface area contributed by atoms with Crippen molar-refractivity contribution in [2.75, 3.05) is 57.8 Å². The Morgan fingerprint density at radius 3 is 2.50 bits per heavy atom. The van der Waals surface area contributed by atoms with Crippen LogP contribution < -0.4 is 10.2 Å². The fourth-order valence-corrected chi connectivity index (χ4v) is 4.32. The van der Waals surface area contributed by atoms with Crippen LogP contribution in [0.25, 0.3) is 0 Å². The molecule has 0 radical (unpaired) electrons. The number of morpholine rings is 1. The summed E-state index contributed by atoms with van der Waals surface area (Å²) in [6.45, 7) is 11.2. The van der Waals surface area contributed by atoms with E-state index in [0.717, 1.165) is 76.1 Å². The zero-order valence-electron chi connectivity index (χ0n) is 17.1. The van der Waals surface area contributed by atoms with E-state index in [-0.39, 0.29) is 5.91 Å². The van der Waals surface area contributed by atoms with Gasteiger partial charge in [-0.1, -0.05) is 17.7 Å². The largest absolute Gasteiger partial charge is 0.370 e. The predicted octanol–water partition coefficient (Wildman–Crippen LogP) is 0.920. The zero-order chi connectivity index (χ0) is 19.9. The molecule has 2 aliphatic heterocycles. The van der Waals surface area contributed by atoms with Gasteiger partial charge in [-0.25, -0.2) is 0 Å². The first-order valence-electron chi connectivity index (χ1n) is 10.3. The van der Waals surface area contributed by atoms with Crippen LogP contribution >= 0.6 is 12.2 Å². The van der Waals surface area contributed by atoms with Gasteiger partial charge in [-0.3, -0.25) is 4.79 Å². The van der Waals surface area contributed by atoms with Crippen LogP contribution in [-0.2, 0) is 9.53 Å². The maximum atomic E-state index is 11.7. The molecule has 0 aromatic heterocycles. The van der Waals surface area contributed by atoms with E-state index in [1.165, 1.54) is 5.56 Å². The maximum Gasteiger partial charge on any atom is 0.219 e. The molecule has 1 aromatic carbocycles. The topological polar surface area (TPSA) is 49.3 Å². The first-order chi connectivity index (χ1) is 13.5. The van der Waals surface area contributed by atoms with Crippen molar-refractivity contribution in [1.82, 2.24) is 9.80 Å². The Hall–Kier alpha value is -1.70. The Balaban J connectivity index is 1.63. The van der Waals surface area contributed by atoms with Crippen molar-refractivity contribution in [2.45, 2.75) is 32.7 Å². The lowest BCUT2D eigenvalue weighted by atomic mass is 10.0. The average Bonchev–Trinajstić information content (AvgIpc) is 2.71. The summed E-state index contributed by atoms with van der Waals surface area (Å²) >= 11 is 5.82. The molecule has 0 aliphatic carbocycles. The van der Waals surface area contributed by atoms with Gasteiger partial charge in [0.05, 0.1) is 26.3 Å². The fraction of sp³-hybridized carbons (Fsp3) is 0.619. The molecule has 2 saturated heterocycles. The second kappa shape index (κ2) is 10.2. The lowest BCUT2D eigenvalue weighted by molar-refractivity contribution is -0.907. The number of nitrogens with one attached hydrogen (secondary N) is 2. The quantitative estimate of drug-likeness (QED) is 0.714. The lowest BCUT2D eigenvalue weighted by Crippen LogP contribution is -3.14. The Labute approximate surface area is 173 Å². The molecule has 28 heavy (non-hydrogen) atoms. The number of carbonyl (C=O) groups excluding carboxylic acids is 1. The number of likely N-dealkylation sites (tertiary alicyclic amines) is 1. The minimum atomic E-state index is 0.170. The Kier molecular flexibility index (Phi) is 7.65. The molecule has 0 unspecified atom stereocenters. The van der Waals surface area contributed by atoms with Gasteiger partial charge in [0, 0.05) is 31.7 Å². The van der Waals surface area contributed by atoms with Crippen LogP contribution in [0.3, 0.4) is 0 Å². The van der Waals surface area contributed by atoms with Crippen molar-refractivity contribution in [3.8, 4) is 0 Å². The number of carbonyl (C=O) groups is 1. The first kappa shape index (κ1) is 21.0. The summed E-state index contributed by atoms with van der Waals surface area (Å²) < 4.78 is 5.48. The maximum absolute atomic E-state index is 11.7. The van der Waals surface area contributed by atoms with E-state index in [4.69, 9.17) is 17.0 Å². The van der Waals surface area contributed by atoms with Crippen molar-refractivity contribution in [3.05, 3.63) is 29.8 Å². The third-order valence-electron chi connectivity index (χ3n) is 5.82. The Bertz CT molecular complexity index is 653. The van der Waals surface area contributed by atoms with Gasteiger partial charge in [-0.15, -0.1) is 0 Å². The summed E-state index contributed by atoms with van der Waals surface area (Å²) in [5.74, 6) is 0.170. The van der Waals surface area contributed by atoms with Gasteiger partial charge >= 0.3 is 0 Å². The highest BCUT2D eigenvalue weighted by molar-refractivity contribution is 7.80. The molecule has 0 atom stereocenters. The molecule has 2 fully saturated rings. The van der Waals surface area contributed by atoms with Crippen LogP contribution in [0.15, 0.2) is 24.3 Å². The normalized spacial score (nSPS) is 18.7. The summed E-state index contributed by atoms with van der Waals surface area (Å²) in [6.07, 6.45) is 1.93. The van der Waals surface area contributed by atoms with E-state index >= 15 is 0 Å². The van der Waals surface area contributed by atoms with Crippen molar-refractivity contribution in [2.24, 2.45) is 0 Å². The van der Waals surface area contributed by atoms with Gasteiger partial charge in [0.15, 0.2) is 5.11 Å². The number of rotatable bonds is 5. The molecule has 2 N–H and O–H groups in total. The molecule has 2 aliphatic rings. The van der Waals surface area contributed by atoms with E-state index in [9.17, 15) is 4.79 Å². The molecular formula is C21H33N4O2S+. The highest BCUT2D eigenvalue weighted by Crippen LogP contribution is 2.18. The summed E-state index contributed by atoms with van der Waals surface area (Å²) in [5.41, 5.74) is 2.27. The summed E-state index contributed by atoms with van der Waals surface area (Å²) in [6, 6.07) is 8.72. The van der Waals surface area contributed by atoms with Crippen molar-refractivity contribution < 1.29 is 14.4 Å². The number of benzene rings is 1. The SMILES string of the molecule is CC(=O)N1CCC(N(CC[NH+]2CCOCC2)C(=S)Nc2ccc(C)cc2)CC1.